The van der Waals surface area contributed by atoms with Gasteiger partial charge in [0.25, 0.3) is 0 Å². The molecule has 0 aromatic carbocycles. The molecule has 0 unspecified atom stereocenters. The van der Waals surface area contributed by atoms with E-state index in [-0.39, 0.29) is 18.1 Å². The predicted molar refractivity (Wildman–Crippen MR) is 75.1 cm³/mol. The molecule has 0 aliphatic carbocycles. The van der Waals surface area contributed by atoms with Crippen molar-refractivity contribution in [3.63, 3.8) is 0 Å². The summed E-state index contributed by atoms with van der Waals surface area (Å²) in [4.78, 5) is 0. The van der Waals surface area contributed by atoms with E-state index < -0.39 is 24.0 Å². The summed E-state index contributed by atoms with van der Waals surface area (Å²) in [5.41, 5.74) is -2.69. The van der Waals surface area contributed by atoms with Crippen LogP contribution in [0.1, 0.15) is 17.9 Å². The van der Waals surface area contributed by atoms with Crippen molar-refractivity contribution in [2.75, 3.05) is 11.9 Å². The molecule has 11 heteroatoms. The largest absolute Gasteiger partial charge is 0.463 e. The number of nitrogens with one attached hydrogen (secondary N) is 1. The van der Waals surface area contributed by atoms with Crippen molar-refractivity contribution >= 4 is 11.5 Å². The number of aliphatic hydroxyl groups is 1. The lowest BCUT2D eigenvalue weighted by molar-refractivity contribution is -0.274. The quantitative estimate of drug-likeness (QED) is 0.727. The molecule has 8 nitrogen and oxygen atoms in total. The van der Waals surface area contributed by atoms with Gasteiger partial charge in [0.15, 0.2) is 5.65 Å². The second-order valence-corrected chi connectivity index (χ2v) is 5.19. The second-order valence-electron chi connectivity index (χ2n) is 5.19. The molecule has 0 amide bonds. The molecule has 2 N–H and O–H groups in total. The van der Waals surface area contributed by atoms with Gasteiger partial charge in [-0.3, -0.25) is 0 Å². The van der Waals surface area contributed by atoms with E-state index in [0.29, 0.717) is 5.65 Å². The summed E-state index contributed by atoms with van der Waals surface area (Å²) in [6.07, 6.45) is -5.54. The number of aromatic nitrogens is 5. The van der Waals surface area contributed by atoms with Gasteiger partial charge in [0.1, 0.15) is 17.3 Å². The minimum Gasteiger partial charge on any atom is -0.463 e. The standard InChI is InChI=1S/C13H13F3N6O2/c1-8-2-3-9(24-8)12(23,13(14,15)16)6-7-17-10-4-5-11-18-20-21-22(11)19-10/h2-5,23H,6-7H2,1H3,(H,17,19)/t12-/m0/s1. The molecule has 3 heterocycles. The number of furan rings is 1. The van der Waals surface area contributed by atoms with Crippen LogP contribution < -0.4 is 5.32 Å². The normalized spacial score (nSPS) is 14.7. The maximum Gasteiger partial charge on any atom is 0.424 e. The lowest BCUT2D eigenvalue weighted by Gasteiger charge is -2.28. The molecule has 0 spiro atoms. The first-order valence-corrected chi connectivity index (χ1v) is 6.95. The smallest absolute Gasteiger partial charge is 0.424 e. The third-order valence-electron chi connectivity index (χ3n) is 3.48. The van der Waals surface area contributed by atoms with E-state index in [2.05, 4.69) is 25.9 Å². The van der Waals surface area contributed by atoms with E-state index in [0.717, 1.165) is 10.7 Å². The van der Waals surface area contributed by atoms with E-state index in [1.807, 2.05) is 0 Å². The van der Waals surface area contributed by atoms with Crippen molar-refractivity contribution in [2.24, 2.45) is 0 Å². The Morgan fingerprint density at radius 3 is 2.71 bits per heavy atom. The van der Waals surface area contributed by atoms with E-state index >= 15 is 0 Å². The number of halogens is 3. The molecular formula is C13H13F3N6O2. The van der Waals surface area contributed by atoms with Crippen molar-refractivity contribution in [1.29, 1.82) is 0 Å². The highest BCUT2D eigenvalue weighted by Gasteiger charge is 2.56. The van der Waals surface area contributed by atoms with Gasteiger partial charge in [0, 0.05) is 13.0 Å². The van der Waals surface area contributed by atoms with Gasteiger partial charge in [-0.15, -0.1) is 14.8 Å². The number of fused-ring (bicyclic) bond motifs is 1. The van der Waals surface area contributed by atoms with Crippen LogP contribution in [0.15, 0.2) is 28.7 Å². The number of rotatable bonds is 5. The third-order valence-corrected chi connectivity index (χ3v) is 3.48. The number of alkyl halides is 3. The van der Waals surface area contributed by atoms with Gasteiger partial charge < -0.3 is 14.8 Å². The molecule has 0 aliphatic rings. The zero-order valence-corrected chi connectivity index (χ0v) is 12.4. The van der Waals surface area contributed by atoms with E-state index in [4.69, 9.17) is 4.42 Å². The Bertz CT molecular complexity index is 845. The highest BCUT2D eigenvalue weighted by molar-refractivity contribution is 5.42. The highest BCUT2D eigenvalue weighted by Crippen LogP contribution is 2.42. The van der Waals surface area contributed by atoms with E-state index in [1.54, 1.807) is 6.07 Å². The fourth-order valence-corrected chi connectivity index (χ4v) is 2.18. The summed E-state index contributed by atoms with van der Waals surface area (Å²) in [5, 5.41) is 27.5. The van der Waals surface area contributed by atoms with Gasteiger partial charge in [-0.1, -0.05) is 0 Å². The molecule has 3 aromatic heterocycles. The van der Waals surface area contributed by atoms with Gasteiger partial charge >= 0.3 is 6.18 Å². The average molecular weight is 342 g/mol. The maximum atomic E-state index is 13.3. The summed E-state index contributed by atoms with van der Waals surface area (Å²) < 4.78 is 46.0. The summed E-state index contributed by atoms with van der Waals surface area (Å²) in [6.45, 7) is 1.31. The molecule has 128 valence electrons. The monoisotopic (exact) mass is 342 g/mol. The van der Waals surface area contributed by atoms with E-state index in [1.165, 1.54) is 19.1 Å². The zero-order valence-electron chi connectivity index (χ0n) is 12.4. The SMILES string of the molecule is Cc1ccc([C@@](O)(CCNc2ccc3nnnn3n2)C(F)(F)F)o1. The van der Waals surface area contributed by atoms with Gasteiger partial charge in [0.05, 0.1) is 0 Å². The van der Waals surface area contributed by atoms with Crippen molar-refractivity contribution in [3.05, 3.63) is 35.8 Å². The maximum absolute atomic E-state index is 13.3. The molecule has 24 heavy (non-hydrogen) atoms. The van der Waals surface area contributed by atoms with Gasteiger partial charge in [-0.25, -0.2) is 0 Å². The Hall–Kier alpha value is -2.69. The summed E-state index contributed by atoms with van der Waals surface area (Å²) in [6, 6.07) is 5.57. The number of tetrazole rings is 1. The summed E-state index contributed by atoms with van der Waals surface area (Å²) >= 11 is 0. The Kier molecular flexibility index (Phi) is 3.87. The van der Waals surface area contributed by atoms with Crippen LogP contribution in [0.4, 0.5) is 19.0 Å². The molecule has 3 aromatic rings. The molecule has 3 rings (SSSR count). The Morgan fingerprint density at radius 2 is 2.04 bits per heavy atom. The molecule has 1 atom stereocenters. The minimum absolute atomic E-state index is 0.198. The first-order valence-electron chi connectivity index (χ1n) is 6.95. The molecular weight excluding hydrogens is 329 g/mol. The van der Waals surface area contributed by atoms with Crippen molar-refractivity contribution < 1.29 is 22.7 Å². The first-order chi connectivity index (χ1) is 11.3. The lowest BCUT2D eigenvalue weighted by atomic mass is 9.96. The van der Waals surface area contributed by atoms with Crippen LogP contribution in [0.25, 0.3) is 5.65 Å². The van der Waals surface area contributed by atoms with Crippen molar-refractivity contribution in [3.8, 4) is 0 Å². The summed E-state index contributed by atoms with van der Waals surface area (Å²) in [5.74, 6) is 0.0135. The van der Waals surface area contributed by atoms with Crippen molar-refractivity contribution in [2.45, 2.75) is 25.1 Å². The molecule has 0 radical (unpaired) electrons. The predicted octanol–water partition coefficient (Wildman–Crippen LogP) is 1.67. The average Bonchev–Trinajstić information content (AvgIpc) is 3.14. The Morgan fingerprint density at radius 1 is 1.25 bits per heavy atom. The topological polar surface area (TPSA) is 101 Å². The minimum atomic E-state index is -4.88. The third kappa shape index (κ3) is 2.89. The number of hydrogen-bond acceptors (Lipinski definition) is 7. The molecule has 0 aliphatic heterocycles. The van der Waals surface area contributed by atoms with E-state index in [9.17, 15) is 18.3 Å². The van der Waals surface area contributed by atoms with Crippen LogP contribution in [-0.2, 0) is 5.60 Å². The fraction of sp³-hybridized carbons (Fsp3) is 0.385. The Balaban J connectivity index is 1.74. The number of hydrogen-bond donors (Lipinski definition) is 2. The molecule has 0 bridgehead atoms. The first kappa shape index (κ1) is 16.2. The van der Waals surface area contributed by atoms with Crippen LogP contribution in [0.5, 0.6) is 0 Å². The van der Waals surface area contributed by atoms with Crippen molar-refractivity contribution in [1.82, 2.24) is 25.3 Å². The van der Waals surface area contributed by atoms with Gasteiger partial charge in [0.2, 0.25) is 5.60 Å². The van der Waals surface area contributed by atoms with Gasteiger partial charge in [-0.2, -0.15) is 13.2 Å². The van der Waals surface area contributed by atoms with Crippen LogP contribution in [0.3, 0.4) is 0 Å². The molecule has 0 fully saturated rings. The van der Waals surface area contributed by atoms with Crippen LogP contribution in [0, 0.1) is 6.92 Å². The Labute approximate surface area is 133 Å². The van der Waals surface area contributed by atoms with Gasteiger partial charge in [-0.05, 0) is 41.6 Å². The van der Waals surface area contributed by atoms with Crippen LogP contribution in [0.2, 0.25) is 0 Å². The zero-order chi connectivity index (χ0) is 17.4. The fourth-order valence-electron chi connectivity index (χ4n) is 2.18. The number of anilines is 1. The molecule has 0 saturated heterocycles. The lowest BCUT2D eigenvalue weighted by Crippen LogP contribution is -2.43. The molecule has 0 saturated carbocycles. The highest BCUT2D eigenvalue weighted by atomic mass is 19.4. The number of aryl methyl sites for hydroxylation is 1. The summed E-state index contributed by atoms with van der Waals surface area (Å²) in [7, 11) is 0. The number of nitrogens with zero attached hydrogens (tertiary/aromatic N) is 5. The van der Waals surface area contributed by atoms with Crippen LogP contribution in [-0.4, -0.2) is 43.1 Å². The second kappa shape index (κ2) is 5.74. The van der Waals surface area contributed by atoms with Crippen LogP contribution >= 0.6 is 0 Å².